The number of urea groups is 1. The largest absolute Gasteiger partial charge is 0.396 e. The fourth-order valence-electron chi connectivity index (χ4n) is 2.62. The highest BCUT2D eigenvalue weighted by Crippen LogP contribution is 2.27. The quantitative estimate of drug-likeness (QED) is 0.654. The second-order valence-electron chi connectivity index (χ2n) is 5.56. The predicted octanol–water partition coefficient (Wildman–Crippen LogP) is 1.14. The maximum atomic E-state index is 12.1. The number of carbonyl (C=O) groups is 2. The summed E-state index contributed by atoms with van der Waals surface area (Å²) in [6.45, 7) is 0.437. The number of unbranched alkanes of at least 4 members (excludes halogenated alkanes) is 1. The molecular weight excluding hydrogens is 308 g/mol. The van der Waals surface area contributed by atoms with Gasteiger partial charge in [0.2, 0.25) is 5.91 Å². The molecule has 1 fully saturated rings. The number of aliphatic hydroxyl groups excluding tert-OH is 1. The molecule has 0 spiro atoms. The maximum absolute atomic E-state index is 12.1. The molecule has 0 radical (unpaired) electrons. The molecule has 3 rings (SSSR count). The summed E-state index contributed by atoms with van der Waals surface area (Å²) in [5, 5.41) is 16.3. The molecule has 7 nitrogen and oxygen atoms in total. The topological polar surface area (TPSA) is 87.5 Å². The molecule has 7 heteroatoms. The van der Waals surface area contributed by atoms with Crippen molar-refractivity contribution in [3.8, 4) is 11.8 Å². The lowest BCUT2D eigenvalue weighted by Gasteiger charge is -2.24. The van der Waals surface area contributed by atoms with E-state index in [0.29, 0.717) is 25.2 Å². The number of anilines is 1. The molecule has 1 saturated heterocycles. The summed E-state index contributed by atoms with van der Waals surface area (Å²) in [6, 6.07) is 5.26. The maximum Gasteiger partial charge on any atom is 0.329 e. The Bertz CT molecular complexity index is 860. The molecular formula is C17H18N4O3. The number of amides is 3. The zero-order chi connectivity index (χ0) is 17.1. The summed E-state index contributed by atoms with van der Waals surface area (Å²) in [6.07, 6.45) is 1.53. The van der Waals surface area contributed by atoms with Gasteiger partial charge < -0.3 is 5.11 Å². The molecule has 0 atom stereocenters. The van der Waals surface area contributed by atoms with E-state index in [1.807, 2.05) is 25.2 Å². The summed E-state index contributed by atoms with van der Waals surface area (Å²) in [7, 11) is 1.81. The minimum absolute atomic E-state index is 0.128. The lowest BCUT2D eigenvalue weighted by atomic mass is 10.1. The van der Waals surface area contributed by atoms with Crippen molar-refractivity contribution in [1.82, 2.24) is 15.1 Å². The number of carbonyl (C=O) groups excluding carboxylic acids is 2. The van der Waals surface area contributed by atoms with Crippen molar-refractivity contribution in [2.45, 2.75) is 19.3 Å². The average Bonchev–Trinajstić information content (AvgIpc) is 2.88. The van der Waals surface area contributed by atoms with E-state index in [2.05, 4.69) is 22.3 Å². The van der Waals surface area contributed by atoms with Crippen LogP contribution in [0.4, 0.5) is 10.6 Å². The van der Waals surface area contributed by atoms with Crippen molar-refractivity contribution < 1.29 is 14.7 Å². The van der Waals surface area contributed by atoms with E-state index in [9.17, 15) is 9.59 Å². The number of nitrogens with zero attached hydrogens (tertiary/aromatic N) is 3. The van der Waals surface area contributed by atoms with Gasteiger partial charge in [0.15, 0.2) is 5.82 Å². The van der Waals surface area contributed by atoms with Gasteiger partial charge in [-0.2, -0.15) is 5.10 Å². The second-order valence-corrected chi connectivity index (χ2v) is 5.56. The van der Waals surface area contributed by atoms with Crippen LogP contribution in [0.5, 0.6) is 0 Å². The Kier molecular flexibility index (Phi) is 4.49. The highest BCUT2D eigenvalue weighted by atomic mass is 16.3. The molecule has 0 unspecified atom stereocenters. The van der Waals surface area contributed by atoms with Crippen LogP contribution in [0.25, 0.3) is 10.9 Å². The first-order valence-corrected chi connectivity index (χ1v) is 7.78. The SMILES string of the molecule is Cn1nc(N2CCC(=O)NC2=O)c2cc(C#CCCCO)ccc21. The molecule has 2 heterocycles. The normalized spacial score (nSPS) is 14.5. The minimum atomic E-state index is -0.453. The van der Waals surface area contributed by atoms with Gasteiger partial charge in [-0.15, -0.1) is 0 Å². The van der Waals surface area contributed by atoms with Crippen molar-refractivity contribution in [1.29, 1.82) is 0 Å². The molecule has 3 amide bonds. The molecule has 1 aliphatic rings. The Labute approximate surface area is 139 Å². The van der Waals surface area contributed by atoms with E-state index in [4.69, 9.17) is 5.11 Å². The summed E-state index contributed by atoms with van der Waals surface area (Å²) in [4.78, 5) is 24.9. The molecule has 1 aliphatic heterocycles. The van der Waals surface area contributed by atoms with Gasteiger partial charge in [-0.25, -0.2) is 4.79 Å². The van der Waals surface area contributed by atoms with Crippen molar-refractivity contribution >= 4 is 28.7 Å². The Hall–Kier alpha value is -2.85. The Morgan fingerprint density at radius 3 is 2.96 bits per heavy atom. The lowest BCUT2D eigenvalue weighted by Crippen LogP contribution is -2.49. The van der Waals surface area contributed by atoms with Gasteiger partial charge >= 0.3 is 6.03 Å². The molecule has 1 aromatic carbocycles. The van der Waals surface area contributed by atoms with Gasteiger partial charge in [0, 0.05) is 44.0 Å². The van der Waals surface area contributed by atoms with Gasteiger partial charge in [0.05, 0.1) is 5.52 Å². The van der Waals surface area contributed by atoms with E-state index in [0.717, 1.165) is 16.5 Å². The molecule has 0 bridgehead atoms. The summed E-state index contributed by atoms with van der Waals surface area (Å²) in [5.74, 6) is 6.32. The monoisotopic (exact) mass is 326 g/mol. The number of aromatic nitrogens is 2. The molecule has 2 aromatic rings. The summed E-state index contributed by atoms with van der Waals surface area (Å²) >= 11 is 0. The van der Waals surface area contributed by atoms with Crippen molar-refractivity contribution in [3.63, 3.8) is 0 Å². The van der Waals surface area contributed by atoms with E-state index < -0.39 is 6.03 Å². The molecule has 1 aromatic heterocycles. The van der Waals surface area contributed by atoms with Gasteiger partial charge in [-0.3, -0.25) is 19.7 Å². The van der Waals surface area contributed by atoms with Crippen LogP contribution in [-0.2, 0) is 11.8 Å². The molecule has 124 valence electrons. The molecule has 2 N–H and O–H groups in total. The minimum Gasteiger partial charge on any atom is -0.396 e. The van der Waals surface area contributed by atoms with Crippen LogP contribution in [0.2, 0.25) is 0 Å². The fourth-order valence-corrected chi connectivity index (χ4v) is 2.62. The first-order valence-electron chi connectivity index (χ1n) is 7.78. The number of aryl methyl sites for hydroxylation is 1. The van der Waals surface area contributed by atoms with Crippen LogP contribution in [-0.4, -0.2) is 40.0 Å². The Balaban J connectivity index is 1.97. The van der Waals surface area contributed by atoms with Gasteiger partial charge in [-0.1, -0.05) is 11.8 Å². The Morgan fingerprint density at radius 1 is 1.38 bits per heavy atom. The van der Waals surface area contributed by atoms with Gasteiger partial charge in [0.25, 0.3) is 0 Å². The smallest absolute Gasteiger partial charge is 0.329 e. The summed E-state index contributed by atoms with van der Waals surface area (Å²) in [5.41, 5.74) is 1.71. The fraction of sp³-hybridized carbons (Fsp3) is 0.353. The lowest BCUT2D eigenvalue weighted by molar-refractivity contribution is -0.120. The van der Waals surface area contributed by atoms with Crippen LogP contribution in [0.15, 0.2) is 18.2 Å². The highest BCUT2D eigenvalue weighted by Gasteiger charge is 2.27. The third-order valence-corrected chi connectivity index (χ3v) is 3.83. The molecule has 0 aliphatic carbocycles. The number of imide groups is 1. The van der Waals surface area contributed by atoms with E-state index in [1.165, 1.54) is 4.90 Å². The van der Waals surface area contributed by atoms with Crippen LogP contribution in [0, 0.1) is 11.8 Å². The third kappa shape index (κ3) is 3.09. The first-order chi connectivity index (χ1) is 11.6. The standard InChI is InChI=1S/C17H18N4O3/c1-20-14-7-6-12(5-3-2-4-10-22)11-13(14)16(19-20)21-9-8-15(23)18-17(21)24/h6-7,11,22H,2,4,8-10H2,1H3,(H,18,23,24). The number of fused-ring (bicyclic) bond motifs is 1. The number of nitrogens with one attached hydrogen (secondary N) is 1. The van der Waals surface area contributed by atoms with Crippen molar-refractivity contribution in [2.75, 3.05) is 18.1 Å². The first kappa shape index (κ1) is 16.0. The zero-order valence-corrected chi connectivity index (χ0v) is 13.4. The molecule has 24 heavy (non-hydrogen) atoms. The van der Waals surface area contributed by atoms with Gasteiger partial charge in [0.1, 0.15) is 0 Å². The van der Waals surface area contributed by atoms with Gasteiger partial charge in [-0.05, 0) is 24.6 Å². The number of aliphatic hydroxyl groups is 1. The van der Waals surface area contributed by atoms with Crippen molar-refractivity contribution in [2.24, 2.45) is 7.05 Å². The van der Waals surface area contributed by atoms with Crippen LogP contribution in [0.1, 0.15) is 24.8 Å². The molecule has 0 saturated carbocycles. The van der Waals surface area contributed by atoms with E-state index in [-0.39, 0.29) is 18.9 Å². The van der Waals surface area contributed by atoms with Crippen LogP contribution >= 0.6 is 0 Å². The Morgan fingerprint density at radius 2 is 2.21 bits per heavy atom. The second kappa shape index (κ2) is 6.72. The number of rotatable bonds is 3. The zero-order valence-electron chi connectivity index (χ0n) is 13.4. The van der Waals surface area contributed by atoms with Crippen LogP contribution < -0.4 is 10.2 Å². The number of benzene rings is 1. The van der Waals surface area contributed by atoms with E-state index in [1.54, 1.807) is 4.68 Å². The third-order valence-electron chi connectivity index (χ3n) is 3.83. The van der Waals surface area contributed by atoms with Crippen LogP contribution in [0.3, 0.4) is 0 Å². The van der Waals surface area contributed by atoms with Crippen molar-refractivity contribution in [3.05, 3.63) is 23.8 Å². The average molecular weight is 326 g/mol. The number of hydrogen-bond acceptors (Lipinski definition) is 4. The summed E-state index contributed by atoms with van der Waals surface area (Å²) < 4.78 is 1.71. The predicted molar refractivity (Wildman–Crippen MR) is 89.4 cm³/mol. The van der Waals surface area contributed by atoms with E-state index >= 15 is 0 Å². The highest BCUT2D eigenvalue weighted by molar-refractivity contribution is 6.08. The number of hydrogen-bond donors (Lipinski definition) is 2.